The van der Waals surface area contributed by atoms with Gasteiger partial charge in [-0.2, -0.15) is 0 Å². The third kappa shape index (κ3) is 3.47. The standard InChI is InChI=1S/C16H21F2N3/c1-10(2)7-19-8-13-5-14(17)16(15(18)6-13)21-9-20-11(3)12(21)4/h5-6,9-10,19H,7-8H2,1-4H3. The molecule has 21 heavy (non-hydrogen) atoms. The van der Waals surface area contributed by atoms with Gasteiger partial charge in [-0.15, -0.1) is 0 Å². The van der Waals surface area contributed by atoms with Crippen molar-refractivity contribution in [2.45, 2.75) is 34.2 Å². The largest absolute Gasteiger partial charge is 0.312 e. The van der Waals surface area contributed by atoms with Crippen LogP contribution in [-0.2, 0) is 6.54 Å². The lowest BCUT2D eigenvalue weighted by atomic mass is 10.1. The van der Waals surface area contributed by atoms with Crippen LogP contribution in [-0.4, -0.2) is 16.1 Å². The number of aromatic nitrogens is 2. The van der Waals surface area contributed by atoms with Crippen molar-refractivity contribution in [3.05, 3.63) is 47.0 Å². The summed E-state index contributed by atoms with van der Waals surface area (Å²) in [6.07, 6.45) is 1.45. The van der Waals surface area contributed by atoms with Crippen molar-refractivity contribution in [2.24, 2.45) is 5.92 Å². The number of nitrogens with zero attached hydrogens (tertiary/aromatic N) is 2. The Balaban J connectivity index is 2.27. The third-order valence-electron chi connectivity index (χ3n) is 3.45. The molecule has 2 rings (SSSR count). The maximum Gasteiger partial charge on any atom is 0.150 e. The monoisotopic (exact) mass is 293 g/mol. The van der Waals surface area contributed by atoms with E-state index >= 15 is 0 Å². The van der Waals surface area contributed by atoms with Gasteiger partial charge in [-0.25, -0.2) is 13.8 Å². The molecule has 1 heterocycles. The van der Waals surface area contributed by atoms with Crippen molar-refractivity contribution in [1.29, 1.82) is 0 Å². The summed E-state index contributed by atoms with van der Waals surface area (Å²) in [6, 6.07) is 2.75. The maximum atomic E-state index is 14.3. The summed E-state index contributed by atoms with van der Waals surface area (Å²) in [5, 5.41) is 3.18. The fourth-order valence-electron chi connectivity index (χ4n) is 2.18. The Morgan fingerprint density at radius 3 is 2.29 bits per heavy atom. The van der Waals surface area contributed by atoms with Gasteiger partial charge >= 0.3 is 0 Å². The van der Waals surface area contributed by atoms with E-state index in [-0.39, 0.29) is 5.69 Å². The summed E-state index contributed by atoms with van der Waals surface area (Å²) in [5.74, 6) is -0.649. The molecule has 0 radical (unpaired) electrons. The number of benzene rings is 1. The molecule has 0 amide bonds. The Hall–Kier alpha value is -1.75. The van der Waals surface area contributed by atoms with Crippen molar-refractivity contribution < 1.29 is 8.78 Å². The number of hydrogen-bond acceptors (Lipinski definition) is 2. The first-order valence-electron chi connectivity index (χ1n) is 7.09. The average molecular weight is 293 g/mol. The van der Waals surface area contributed by atoms with Gasteiger partial charge in [0.05, 0.1) is 12.0 Å². The van der Waals surface area contributed by atoms with E-state index in [9.17, 15) is 8.78 Å². The zero-order valence-corrected chi connectivity index (χ0v) is 12.9. The lowest BCUT2D eigenvalue weighted by Gasteiger charge is -2.12. The van der Waals surface area contributed by atoms with Crippen LogP contribution in [0.4, 0.5) is 8.78 Å². The van der Waals surface area contributed by atoms with Crippen LogP contribution in [0.2, 0.25) is 0 Å². The van der Waals surface area contributed by atoms with Crippen molar-refractivity contribution in [2.75, 3.05) is 6.54 Å². The van der Waals surface area contributed by atoms with Crippen molar-refractivity contribution in [1.82, 2.24) is 14.9 Å². The van der Waals surface area contributed by atoms with Crippen LogP contribution in [0.15, 0.2) is 18.5 Å². The van der Waals surface area contributed by atoms with Crippen molar-refractivity contribution >= 4 is 0 Å². The predicted octanol–water partition coefficient (Wildman–Crippen LogP) is 3.51. The van der Waals surface area contributed by atoms with E-state index in [0.717, 1.165) is 17.9 Å². The highest BCUT2D eigenvalue weighted by atomic mass is 19.1. The van der Waals surface area contributed by atoms with E-state index in [1.54, 1.807) is 6.92 Å². The van der Waals surface area contributed by atoms with Crippen LogP contribution >= 0.6 is 0 Å². The van der Waals surface area contributed by atoms with E-state index < -0.39 is 11.6 Å². The molecule has 0 saturated carbocycles. The molecule has 0 bridgehead atoms. The van der Waals surface area contributed by atoms with Crippen LogP contribution < -0.4 is 5.32 Å². The Morgan fingerprint density at radius 1 is 1.19 bits per heavy atom. The molecule has 0 unspecified atom stereocenters. The van der Waals surface area contributed by atoms with Gasteiger partial charge in [0.2, 0.25) is 0 Å². The minimum absolute atomic E-state index is 0.0688. The topological polar surface area (TPSA) is 29.9 Å². The maximum absolute atomic E-state index is 14.3. The molecular formula is C16H21F2N3. The fourth-order valence-corrected chi connectivity index (χ4v) is 2.18. The van der Waals surface area contributed by atoms with Crippen molar-refractivity contribution in [3.8, 4) is 5.69 Å². The number of imidazole rings is 1. The van der Waals surface area contributed by atoms with Gasteiger partial charge in [0.1, 0.15) is 5.69 Å². The molecule has 5 heteroatoms. The number of halogens is 2. The molecule has 0 fully saturated rings. The number of hydrogen-bond donors (Lipinski definition) is 1. The molecule has 1 aromatic heterocycles. The second-order valence-corrected chi connectivity index (χ2v) is 5.72. The Labute approximate surface area is 124 Å². The SMILES string of the molecule is Cc1ncn(-c2c(F)cc(CNCC(C)C)cc2F)c1C. The summed E-state index contributed by atoms with van der Waals surface area (Å²) < 4.78 is 30.0. The zero-order valence-electron chi connectivity index (χ0n) is 12.9. The lowest BCUT2D eigenvalue weighted by Crippen LogP contribution is -2.19. The summed E-state index contributed by atoms with van der Waals surface area (Å²) in [4.78, 5) is 4.08. The van der Waals surface area contributed by atoms with E-state index in [1.165, 1.54) is 23.0 Å². The number of nitrogens with one attached hydrogen (secondary N) is 1. The van der Waals surface area contributed by atoms with Crippen LogP contribution in [0.3, 0.4) is 0 Å². The van der Waals surface area contributed by atoms with Gasteiger partial charge in [-0.3, -0.25) is 4.57 Å². The van der Waals surface area contributed by atoms with E-state index in [2.05, 4.69) is 24.1 Å². The predicted molar refractivity (Wildman–Crippen MR) is 79.5 cm³/mol. The molecule has 0 atom stereocenters. The zero-order chi connectivity index (χ0) is 15.6. The van der Waals surface area contributed by atoms with Crippen LogP contribution in [0.25, 0.3) is 5.69 Å². The van der Waals surface area contributed by atoms with E-state index in [1.807, 2.05) is 6.92 Å². The minimum atomic E-state index is -0.572. The van der Waals surface area contributed by atoms with Gasteiger partial charge in [-0.1, -0.05) is 13.8 Å². The van der Waals surface area contributed by atoms with E-state index in [0.29, 0.717) is 18.0 Å². The summed E-state index contributed by atoms with van der Waals surface area (Å²) >= 11 is 0. The molecule has 3 nitrogen and oxygen atoms in total. The van der Waals surface area contributed by atoms with E-state index in [4.69, 9.17) is 0 Å². The quantitative estimate of drug-likeness (QED) is 0.914. The van der Waals surface area contributed by atoms with Gasteiger partial charge in [0.25, 0.3) is 0 Å². The highest BCUT2D eigenvalue weighted by molar-refractivity contribution is 5.40. The molecule has 0 spiro atoms. The highest BCUT2D eigenvalue weighted by Crippen LogP contribution is 2.22. The minimum Gasteiger partial charge on any atom is -0.312 e. The summed E-state index contributed by atoms with van der Waals surface area (Å²) in [5.41, 5.74) is 2.03. The first kappa shape index (κ1) is 15.6. The third-order valence-corrected chi connectivity index (χ3v) is 3.45. The Morgan fingerprint density at radius 2 is 1.81 bits per heavy atom. The summed E-state index contributed by atoms with van der Waals surface area (Å²) in [6.45, 7) is 9.03. The molecule has 1 aromatic carbocycles. The van der Waals surface area contributed by atoms with Gasteiger partial charge in [0, 0.05) is 12.2 Å². The van der Waals surface area contributed by atoms with Crippen LogP contribution in [0, 0.1) is 31.4 Å². The molecule has 0 aliphatic rings. The Bertz CT molecular complexity index is 609. The molecule has 0 saturated heterocycles. The molecule has 1 N–H and O–H groups in total. The molecule has 0 aliphatic carbocycles. The normalized spacial score (nSPS) is 11.4. The van der Waals surface area contributed by atoms with Crippen LogP contribution in [0.1, 0.15) is 30.8 Å². The molecule has 114 valence electrons. The van der Waals surface area contributed by atoms with Gasteiger partial charge in [0.15, 0.2) is 11.6 Å². The molecule has 2 aromatic rings. The molecular weight excluding hydrogens is 272 g/mol. The average Bonchev–Trinajstić information content (AvgIpc) is 2.70. The summed E-state index contributed by atoms with van der Waals surface area (Å²) in [7, 11) is 0. The smallest absolute Gasteiger partial charge is 0.150 e. The molecule has 0 aliphatic heterocycles. The van der Waals surface area contributed by atoms with Gasteiger partial charge in [-0.05, 0) is 44.0 Å². The van der Waals surface area contributed by atoms with Crippen molar-refractivity contribution in [3.63, 3.8) is 0 Å². The van der Waals surface area contributed by atoms with Crippen LogP contribution in [0.5, 0.6) is 0 Å². The Kier molecular flexibility index (Phi) is 4.73. The highest BCUT2D eigenvalue weighted by Gasteiger charge is 2.15. The second kappa shape index (κ2) is 6.35. The fraction of sp³-hybridized carbons (Fsp3) is 0.438. The number of aryl methyl sites for hydroxylation is 1. The number of rotatable bonds is 5. The first-order valence-corrected chi connectivity index (χ1v) is 7.09. The first-order chi connectivity index (χ1) is 9.90. The second-order valence-electron chi connectivity index (χ2n) is 5.72. The van der Waals surface area contributed by atoms with Gasteiger partial charge < -0.3 is 5.32 Å². The lowest BCUT2D eigenvalue weighted by molar-refractivity contribution is 0.539.